The van der Waals surface area contributed by atoms with Crippen LogP contribution in [0.25, 0.3) is 0 Å². The molecule has 122 valence electrons. The molecule has 6 nitrogen and oxygen atoms in total. The van der Waals surface area contributed by atoms with Crippen molar-refractivity contribution in [3.63, 3.8) is 0 Å². The van der Waals surface area contributed by atoms with E-state index >= 15 is 0 Å². The van der Waals surface area contributed by atoms with Crippen LogP contribution in [0.3, 0.4) is 0 Å². The van der Waals surface area contributed by atoms with Gasteiger partial charge in [-0.1, -0.05) is 6.07 Å². The van der Waals surface area contributed by atoms with Crippen LogP contribution in [0.4, 0.5) is 11.6 Å². The fourth-order valence-corrected chi connectivity index (χ4v) is 3.19. The van der Waals surface area contributed by atoms with Crippen molar-refractivity contribution in [3.05, 3.63) is 35.2 Å². The molecule has 2 aromatic rings. The number of ether oxygens (including phenoxy) is 1. The van der Waals surface area contributed by atoms with E-state index in [0.717, 1.165) is 35.9 Å². The molecule has 1 aliphatic rings. The van der Waals surface area contributed by atoms with Gasteiger partial charge in [0.25, 0.3) is 0 Å². The van der Waals surface area contributed by atoms with Crippen LogP contribution in [-0.4, -0.2) is 33.9 Å². The van der Waals surface area contributed by atoms with Gasteiger partial charge in [0.15, 0.2) is 0 Å². The van der Waals surface area contributed by atoms with E-state index in [1.807, 2.05) is 37.8 Å². The largest absolute Gasteiger partial charge is 0.466 e. The van der Waals surface area contributed by atoms with E-state index in [4.69, 9.17) is 4.74 Å². The highest BCUT2D eigenvalue weighted by molar-refractivity contribution is 5.71. The molecule has 0 aromatic carbocycles. The molecule has 0 unspecified atom stereocenters. The second-order valence-corrected chi connectivity index (χ2v) is 5.70. The predicted molar refractivity (Wildman–Crippen MR) is 87.8 cm³/mol. The fourth-order valence-electron chi connectivity index (χ4n) is 3.19. The first-order valence-electron chi connectivity index (χ1n) is 8.01. The number of hydrogen-bond acceptors (Lipinski definition) is 5. The first-order valence-corrected chi connectivity index (χ1v) is 8.01. The molecule has 2 aromatic heterocycles. The average Bonchev–Trinajstić information content (AvgIpc) is 3.06. The highest BCUT2D eigenvalue weighted by Crippen LogP contribution is 2.35. The number of carbonyl (C=O) groups is 1. The number of aromatic nitrogens is 3. The Balaban J connectivity index is 1.90. The molecule has 23 heavy (non-hydrogen) atoms. The van der Waals surface area contributed by atoms with E-state index in [2.05, 4.69) is 21.0 Å². The van der Waals surface area contributed by atoms with Gasteiger partial charge in [-0.25, -0.2) is 4.98 Å². The van der Waals surface area contributed by atoms with E-state index in [9.17, 15) is 4.79 Å². The van der Waals surface area contributed by atoms with Gasteiger partial charge in [-0.15, -0.1) is 0 Å². The minimum absolute atomic E-state index is 0.165. The van der Waals surface area contributed by atoms with Crippen LogP contribution in [0.1, 0.15) is 30.2 Å². The van der Waals surface area contributed by atoms with E-state index in [-0.39, 0.29) is 5.97 Å². The SMILES string of the molecule is CCOC(=O)CCc1c(C)nn(C)c1N1CCc2cccnc21. The van der Waals surface area contributed by atoms with Crippen LogP contribution in [0, 0.1) is 6.92 Å². The van der Waals surface area contributed by atoms with E-state index < -0.39 is 0 Å². The van der Waals surface area contributed by atoms with Gasteiger partial charge in [0.1, 0.15) is 11.6 Å². The van der Waals surface area contributed by atoms with Crippen molar-refractivity contribution in [1.82, 2.24) is 14.8 Å². The van der Waals surface area contributed by atoms with Gasteiger partial charge < -0.3 is 9.64 Å². The zero-order chi connectivity index (χ0) is 16.4. The Morgan fingerprint density at radius 1 is 1.43 bits per heavy atom. The molecule has 0 N–H and O–H groups in total. The summed E-state index contributed by atoms with van der Waals surface area (Å²) in [6.07, 6.45) is 3.80. The normalized spacial score (nSPS) is 13.3. The number of nitrogens with zero attached hydrogens (tertiary/aromatic N) is 4. The van der Waals surface area contributed by atoms with Gasteiger partial charge in [0.05, 0.1) is 12.3 Å². The van der Waals surface area contributed by atoms with Gasteiger partial charge in [-0.05, 0) is 38.3 Å². The van der Waals surface area contributed by atoms with Crippen LogP contribution >= 0.6 is 0 Å². The molecular formula is C17H22N4O2. The van der Waals surface area contributed by atoms with Crippen LogP contribution < -0.4 is 4.90 Å². The Morgan fingerprint density at radius 3 is 3.04 bits per heavy atom. The third-order valence-electron chi connectivity index (χ3n) is 4.18. The summed E-state index contributed by atoms with van der Waals surface area (Å²) in [6, 6.07) is 4.09. The number of aryl methyl sites for hydroxylation is 2. The lowest BCUT2D eigenvalue weighted by Crippen LogP contribution is -2.19. The van der Waals surface area contributed by atoms with Crippen molar-refractivity contribution in [2.75, 3.05) is 18.1 Å². The van der Waals surface area contributed by atoms with Gasteiger partial charge in [-0.3, -0.25) is 9.48 Å². The molecule has 1 aliphatic heterocycles. The topological polar surface area (TPSA) is 60.2 Å². The lowest BCUT2D eigenvalue weighted by molar-refractivity contribution is -0.143. The molecule has 0 radical (unpaired) electrons. The van der Waals surface area contributed by atoms with Crippen molar-refractivity contribution in [1.29, 1.82) is 0 Å². The molecule has 0 atom stereocenters. The number of pyridine rings is 1. The second-order valence-electron chi connectivity index (χ2n) is 5.70. The zero-order valence-electron chi connectivity index (χ0n) is 13.9. The minimum Gasteiger partial charge on any atom is -0.466 e. The maximum Gasteiger partial charge on any atom is 0.306 e. The number of fused-ring (bicyclic) bond motifs is 1. The van der Waals surface area contributed by atoms with Crippen molar-refractivity contribution < 1.29 is 9.53 Å². The summed E-state index contributed by atoms with van der Waals surface area (Å²) in [5.74, 6) is 1.86. The standard InChI is InChI=1S/C17H22N4O2/c1-4-23-15(22)8-7-14-12(2)19-20(3)17(14)21-11-9-13-6-5-10-18-16(13)21/h5-6,10H,4,7-9,11H2,1-3H3. The predicted octanol–water partition coefficient (Wildman–Crippen LogP) is 2.31. The Hall–Kier alpha value is -2.37. The van der Waals surface area contributed by atoms with Crippen LogP contribution in [0.2, 0.25) is 0 Å². The first-order chi connectivity index (χ1) is 11.1. The third-order valence-corrected chi connectivity index (χ3v) is 4.18. The molecule has 0 bridgehead atoms. The smallest absolute Gasteiger partial charge is 0.306 e. The summed E-state index contributed by atoms with van der Waals surface area (Å²) in [4.78, 5) is 18.4. The molecule has 0 aliphatic carbocycles. The summed E-state index contributed by atoms with van der Waals surface area (Å²) < 4.78 is 6.93. The Morgan fingerprint density at radius 2 is 2.26 bits per heavy atom. The summed E-state index contributed by atoms with van der Waals surface area (Å²) in [5, 5.41) is 4.55. The molecule has 6 heteroatoms. The summed E-state index contributed by atoms with van der Waals surface area (Å²) in [6.45, 7) is 5.11. The lowest BCUT2D eigenvalue weighted by Gasteiger charge is -2.20. The molecule has 3 heterocycles. The van der Waals surface area contributed by atoms with Crippen LogP contribution in [0.5, 0.6) is 0 Å². The van der Waals surface area contributed by atoms with Gasteiger partial charge >= 0.3 is 5.97 Å². The van der Waals surface area contributed by atoms with Crippen molar-refractivity contribution in [3.8, 4) is 0 Å². The maximum atomic E-state index is 11.7. The first kappa shape index (κ1) is 15.5. The Bertz CT molecular complexity index is 723. The summed E-state index contributed by atoms with van der Waals surface area (Å²) in [5.41, 5.74) is 3.30. The third kappa shape index (κ3) is 2.93. The fraction of sp³-hybridized carbons (Fsp3) is 0.471. The molecular weight excluding hydrogens is 292 g/mol. The number of anilines is 2. The van der Waals surface area contributed by atoms with E-state index in [1.54, 1.807) is 0 Å². The lowest BCUT2D eigenvalue weighted by atomic mass is 10.1. The van der Waals surface area contributed by atoms with Gasteiger partial charge in [-0.2, -0.15) is 5.10 Å². The quantitative estimate of drug-likeness (QED) is 0.793. The molecule has 0 saturated heterocycles. The summed E-state index contributed by atoms with van der Waals surface area (Å²) >= 11 is 0. The Kier molecular flexibility index (Phi) is 4.32. The van der Waals surface area contributed by atoms with Crippen molar-refractivity contribution in [2.24, 2.45) is 7.05 Å². The number of rotatable bonds is 5. The van der Waals surface area contributed by atoms with Crippen LogP contribution in [-0.2, 0) is 29.4 Å². The number of hydrogen-bond donors (Lipinski definition) is 0. The maximum absolute atomic E-state index is 11.7. The highest BCUT2D eigenvalue weighted by atomic mass is 16.5. The molecule has 0 saturated carbocycles. The second kappa shape index (κ2) is 6.40. The summed E-state index contributed by atoms with van der Waals surface area (Å²) in [7, 11) is 1.94. The van der Waals surface area contributed by atoms with E-state index in [1.165, 1.54) is 5.56 Å². The number of esters is 1. The molecule has 0 fully saturated rings. The van der Waals surface area contributed by atoms with Gasteiger partial charge in [0, 0.05) is 31.8 Å². The monoisotopic (exact) mass is 314 g/mol. The zero-order valence-corrected chi connectivity index (χ0v) is 13.9. The highest BCUT2D eigenvalue weighted by Gasteiger charge is 2.27. The molecule has 0 amide bonds. The van der Waals surface area contributed by atoms with Crippen molar-refractivity contribution >= 4 is 17.6 Å². The van der Waals surface area contributed by atoms with Crippen LogP contribution in [0.15, 0.2) is 18.3 Å². The van der Waals surface area contributed by atoms with E-state index in [0.29, 0.717) is 19.4 Å². The number of carbonyl (C=O) groups excluding carboxylic acids is 1. The minimum atomic E-state index is -0.165. The average molecular weight is 314 g/mol. The van der Waals surface area contributed by atoms with Gasteiger partial charge in [0.2, 0.25) is 0 Å². The Labute approximate surface area is 136 Å². The van der Waals surface area contributed by atoms with Crippen molar-refractivity contribution in [2.45, 2.75) is 33.1 Å². The molecule has 0 spiro atoms. The molecule has 3 rings (SSSR count).